The highest BCUT2D eigenvalue weighted by Gasteiger charge is 2.45. The van der Waals surface area contributed by atoms with Gasteiger partial charge in [0.25, 0.3) is 0 Å². The van der Waals surface area contributed by atoms with Crippen molar-refractivity contribution >= 4 is 5.91 Å². The summed E-state index contributed by atoms with van der Waals surface area (Å²) in [6.45, 7) is 6.49. The Bertz CT molecular complexity index is 247. The van der Waals surface area contributed by atoms with Crippen LogP contribution in [0.2, 0.25) is 0 Å². The number of carbonyl (C=O) groups excluding carboxylic acids is 1. The van der Waals surface area contributed by atoms with Gasteiger partial charge in [-0.3, -0.25) is 4.79 Å². The van der Waals surface area contributed by atoms with Gasteiger partial charge in [-0.15, -0.1) is 0 Å². The molecule has 0 aromatic heterocycles. The van der Waals surface area contributed by atoms with Crippen molar-refractivity contribution < 1.29 is 14.3 Å². The molecule has 2 unspecified atom stereocenters. The minimum absolute atomic E-state index is 0.0391. The highest BCUT2D eigenvalue weighted by Crippen LogP contribution is 2.28. The first-order valence-corrected chi connectivity index (χ1v) is 5.69. The molecule has 1 aliphatic heterocycles. The van der Waals surface area contributed by atoms with Gasteiger partial charge in [0.15, 0.2) is 0 Å². The predicted octanol–water partition coefficient (Wildman–Crippen LogP) is -0.155. The summed E-state index contributed by atoms with van der Waals surface area (Å²) in [5, 5.41) is 0. The van der Waals surface area contributed by atoms with Crippen LogP contribution in [0.4, 0.5) is 0 Å². The molecule has 1 saturated heterocycles. The molecule has 2 N–H and O–H groups in total. The van der Waals surface area contributed by atoms with Crippen LogP contribution >= 0.6 is 0 Å². The van der Waals surface area contributed by atoms with Crippen LogP contribution in [0.3, 0.4) is 0 Å². The van der Waals surface area contributed by atoms with E-state index in [0.717, 1.165) is 0 Å². The minimum atomic E-state index is -0.582. The lowest BCUT2D eigenvalue weighted by Crippen LogP contribution is -2.51. The predicted molar refractivity (Wildman–Crippen MR) is 61.0 cm³/mol. The zero-order valence-corrected chi connectivity index (χ0v) is 10.4. The van der Waals surface area contributed by atoms with Crippen LogP contribution in [0.1, 0.15) is 13.8 Å². The molecule has 0 radical (unpaired) electrons. The fraction of sp³-hybridized carbons (Fsp3) is 0.909. The molecule has 1 aliphatic rings. The largest absolute Gasteiger partial charge is 0.380 e. The first kappa shape index (κ1) is 13.4. The number of nitrogens with zero attached hydrogens (tertiary/aromatic N) is 1. The summed E-state index contributed by atoms with van der Waals surface area (Å²) in [6.07, 6.45) is 0. The zero-order valence-electron chi connectivity index (χ0n) is 10.4. The lowest BCUT2D eigenvalue weighted by molar-refractivity contribution is -0.141. The van der Waals surface area contributed by atoms with Crippen molar-refractivity contribution in [1.82, 2.24) is 4.90 Å². The fourth-order valence-electron chi connectivity index (χ4n) is 1.79. The number of amides is 1. The van der Waals surface area contributed by atoms with E-state index in [2.05, 4.69) is 0 Å². The van der Waals surface area contributed by atoms with E-state index in [-0.39, 0.29) is 11.9 Å². The molecule has 5 nitrogen and oxygen atoms in total. The monoisotopic (exact) mass is 230 g/mol. The fourth-order valence-corrected chi connectivity index (χ4v) is 1.79. The first-order valence-electron chi connectivity index (χ1n) is 5.69. The number of rotatable bonds is 5. The lowest BCUT2D eigenvalue weighted by Gasteiger charge is -2.30. The normalized spacial score (nSPS) is 29.4. The smallest absolute Gasteiger partial charge is 0.232 e. The highest BCUT2D eigenvalue weighted by molar-refractivity contribution is 5.83. The van der Waals surface area contributed by atoms with Crippen molar-refractivity contribution in [3.8, 4) is 0 Å². The van der Waals surface area contributed by atoms with E-state index in [0.29, 0.717) is 33.0 Å². The Kier molecular flexibility index (Phi) is 4.70. The first-order chi connectivity index (χ1) is 7.52. The van der Waals surface area contributed by atoms with Crippen LogP contribution in [0.25, 0.3) is 0 Å². The summed E-state index contributed by atoms with van der Waals surface area (Å²) < 4.78 is 10.5. The number of carbonyl (C=O) groups is 1. The van der Waals surface area contributed by atoms with Gasteiger partial charge in [0.2, 0.25) is 5.91 Å². The van der Waals surface area contributed by atoms with E-state index in [1.807, 2.05) is 13.8 Å². The van der Waals surface area contributed by atoms with E-state index < -0.39 is 5.41 Å². The van der Waals surface area contributed by atoms with Crippen molar-refractivity contribution in [2.24, 2.45) is 11.1 Å². The minimum Gasteiger partial charge on any atom is -0.380 e. The van der Waals surface area contributed by atoms with Crippen molar-refractivity contribution in [1.29, 1.82) is 0 Å². The summed E-state index contributed by atoms with van der Waals surface area (Å²) >= 11 is 0. The Labute approximate surface area is 96.9 Å². The quantitative estimate of drug-likeness (QED) is 0.667. The topological polar surface area (TPSA) is 64.8 Å². The molecule has 2 atom stereocenters. The maximum absolute atomic E-state index is 12.2. The lowest BCUT2D eigenvalue weighted by atomic mass is 9.84. The van der Waals surface area contributed by atoms with Crippen molar-refractivity contribution in [3.63, 3.8) is 0 Å². The van der Waals surface area contributed by atoms with Gasteiger partial charge in [-0.1, -0.05) is 0 Å². The molecule has 94 valence electrons. The molecule has 0 spiro atoms. The van der Waals surface area contributed by atoms with Gasteiger partial charge >= 0.3 is 0 Å². The number of hydrogen-bond acceptors (Lipinski definition) is 4. The molecular formula is C11H22N2O3. The second-order valence-corrected chi connectivity index (χ2v) is 4.46. The van der Waals surface area contributed by atoms with E-state index in [1.165, 1.54) is 0 Å². The van der Waals surface area contributed by atoms with Crippen LogP contribution in [0.15, 0.2) is 0 Å². The number of ether oxygens (including phenoxy) is 2. The van der Waals surface area contributed by atoms with Gasteiger partial charge in [0, 0.05) is 26.2 Å². The van der Waals surface area contributed by atoms with Crippen LogP contribution in [0.5, 0.6) is 0 Å². The van der Waals surface area contributed by atoms with E-state index in [4.69, 9.17) is 15.2 Å². The molecule has 0 aromatic rings. The molecule has 0 aliphatic carbocycles. The Hall–Kier alpha value is -0.650. The molecule has 1 fully saturated rings. The average Bonchev–Trinajstić information content (AvgIpc) is 2.59. The highest BCUT2D eigenvalue weighted by atomic mass is 16.5. The standard InChI is InChI=1S/C11H22N2O3/c1-4-15-6-5-13(3)10(14)11(2)8-16-7-9(11)12/h9H,4-8,12H2,1-3H3. The van der Waals surface area contributed by atoms with Gasteiger partial charge in [0.1, 0.15) is 0 Å². The third kappa shape index (κ3) is 2.72. The Morgan fingerprint density at radius 2 is 2.38 bits per heavy atom. The molecule has 16 heavy (non-hydrogen) atoms. The van der Waals surface area contributed by atoms with Gasteiger partial charge in [-0.25, -0.2) is 0 Å². The maximum atomic E-state index is 12.2. The van der Waals surface area contributed by atoms with Gasteiger partial charge in [-0.05, 0) is 13.8 Å². The summed E-state index contributed by atoms with van der Waals surface area (Å²) in [6, 6.07) is -0.213. The van der Waals surface area contributed by atoms with Crippen molar-refractivity contribution in [2.45, 2.75) is 19.9 Å². The third-order valence-electron chi connectivity index (χ3n) is 3.13. The number of nitrogens with two attached hydrogens (primary N) is 1. The second kappa shape index (κ2) is 5.61. The SMILES string of the molecule is CCOCCN(C)C(=O)C1(C)COCC1N. The molecule has 0 saturated carbocycles. The van der Waals surface area contributed by atoms with E-state index in [9.17, 15) is 4.79 Å². The summed E-state index contributed by atoms with van der Waals surface area (Å²) in [7, 11) is 1.78. The molecule has 5 heteroatoms. The molecule has 0 bridgehead atoms. The maximum Gasteiger partial charge on any atom is 0.232 e. The Morgan fingerprint density at radius 3 is 2.88 bits per heavy atom. The van der Waals surface area contributed by atoms with E-state index >= 15 is 0 Å². The number of likely N-dealkylation sites (N-methyl/N-ethyl adjacent to an activating group) is 1. The molecule has 1 rings (SSSR count). The summed E-state index contributed by atoms with van der Waals surface area (Å²) in [5.74, 6) is 0.0391. The Balaban J connectivity index is 2.49. The van der Waals surface area contributed by atoms with Gasteiger partial charge < -0.3 is 20.1 Å². The average molecular weight is 230 g/mol. The summed E-state index contributed by atoms with van der Waals surface area (Å²) in [4.78, 5) is 13.9. The molecule has 1 heterocycles. The van der Waals surface area contributed by atoms with Crippen LogP contribution < -0.4 is 5.73 Å². The van der Waals surface area contributed by atoms with Crippen LogP contribution in [0, 0.1) is 5.41 Å². The van der Waals surface area contributed by atoms with Crippen molar-refractivity contribution in [2.75, 3.05) is 40.0 Å². The molecule has 0 aromatic carbocycles. The summed E-state index contributed by atoms with van der Waals surface area (Å²) in [5.41, 5.74) is 5.32. The van der Waals surface area contributed by atoms with Crippen LogP contribution in [-0.4, -0.2) is 56.9 Å². The molecular weight excluding hydrogens is 208 g/mol. The molecule has 1 amide bonds. The Morgan fingerprint density at radius 1 is 1.69 bits per heavy atom. The second-order valence-electron chi connectivity index (χ2n) is 4.46. The van der Waals surface area contributed by atoms with Crippen LogP contribution in [-0.2, 0) is 14.3 Å². The van der Waals surface area contributed by atoms with Gasteiger partial charge in [-0.2, -0.15) is 0 Å². The zero-order chi connectivity index (χ0) is 12.2. The number of hydrogen-bond donors (Lipinski definition) is 1. The third-order valence-corrected chi connectivity index (χ3v) is 3.13. The van der Waals surface area contributed by atoms with E-state index in [1.54, 1.807) is 11.9 Å². The van der Waals surface area contributed by atoms with Gasteiger partial charge in [0.05, 0.1) is 25.2 Å². The van der Waals surface area contributed by atoms with Crippen molar-refractivity contribution in [3.05, 3.63) is 0 Å².